The van der Waals surface area contributed by atoms with Crippen LogP contribution in [0, 0.1) is 0 Å². The third-order valence-electron chi connectivity index (χ3n) is 5.79. The molecular formula is C24H36N2O5. The number of methoxy groups -OCH3 is 1. The van der Waals surface area contributed by atoms with E-state index in [-0.39, 0.29) is 24.1 Å². The molecule has 0 radical (unpaired) electrons. The van der Waals surface area contributed by atoms with Gasteiger partial charge in [0.2, 0.25) is 5.91 Å². The molecule has 1 aliphatic heterocycles. The van der Waals surface area contributed by atoms with Crippen LogP contribution in [-0.4, -0.2) is 73.4 Å². The number of rotatable bonds is 13. The minimum Gasteiger partial charge on any atom is -0.497 e. The van der Waals surface area contributed by atoms with Crippen LogP contribution in [-0.2, 0) is 14.3 Å². The van der Waals surface area contributed by atoms with Crippen molar-refractivity contribution in [2.75, 3.05) is 39.9 Å². The van der Waals surface area contributed by atoms with Crippen molar-refractivity contribution in [2.45, 2.75) is 58.4 Å². The number of Topliss-reactive ketones (excluding diaryl/α,β-unsaturated/α-hetero) is 1. The molecule has 0 saturated carbocycles. The Morgan fingerprint density at radius 2 is 1.84 bits per heavy atom. The third kappa shape index (κ3) is 7.98. The number of hydrogen-bond donors (Lipinski definition) is 0. The first-order chi connectivity index (χ1) is 15.0. The first-order valence-corrected chi connectivity index (χ1v) is 11.3. The number of likely N-dealkylation sites (N-methyl/N-ethyl adjacent to an activating group) is 1. The average molecular weight is 433 g/mol. The molecule has 172 valence electrons. The van der Waals surface area contributed by atoms with Crippen LogP contribution in [0.15, 0.2) is 24.3 Å². The number of carbonyl (C=O) groups is 3. The number of amides is 1. The second kappa shape index (κ2) is 13.1. The molecule has 7 nitrogen and oxygen atoms in total. The maximum atomic E-state index is 12.9. The Morgan fingerprint density at radius 3 is 2.48 bits per heavy atom. The van der Waals surface area contributed by atoms with Crippen molar-refractivity contribution in [3.8, 4) is 5.75 Å². The minimum absolute atomic E-state index is 0.00483. The molecule has 7 heteroatoms. The van der Waals surface area contributed by atoms with E-state index in [1.54, 1.807) is 43.2 Å². The third-order valence-corrected chi connectivity index (χ3v) is 5.79. The molecule has 0 spiro atoms. The number of esters is 1. The van der Waals surface area contributed by atoms with Crippen molar-refractivity contribution in [1.82, 2.24) is 9.80 Å². The lowest BCUT2D eigenvalue weighted by molar-refractivity contribution is -0.144. The summed E-state index contributed by atoms with van der Waals surface area (Å²) in [6.45, 7) is 7.24. The van der Waals surface area contributed by atoms with Gasteiger partial charge in [-0.15, -0.1) is 0 Å². The summed E-state index contributed by atoms with van der Waals surface area (Å²) in [4.78, 5) is 41.3. The summed E-state index contributed by atoms with van der Waals surface area (Å²) >= 11 is 0. The Balaban J connectivity index is 1.89. The van der Waals surface area contributed by atoms with Gasteiger partial charge >= 0.3 is 5.97 Å². The van der Waals surface area contributed by atoms with Crippen LogP contribution in [0.3, 0.4) is 0 Å². The number of likely N-dealkylation sites (tertiary alicyclic amines) is 1. The number of ketones is 1. The average Bonchev–Trinajstić information content (AvgIpc) is 3.23. The molecule has 0 aliphatic carbocycles. The molecular weight excluding hydrogens is 396 g/mol. The van der Waals surface area contributed by atoms with E-state index >= 15 is 0 Å². The van der Waals surface area contributed by atoms with Gasteiger partial charge in [0.05, 0.1) is 20.1 Å². The van der Waals surface area contributed by atoms with E-state index in [2.05, 4.69) is 11.8 Å². The molecule has 1 unspecified atom stereocenters. The Morgan fingerprint density at radius 1 is 1.10 bits per heavy atom. The van der Waals surface area contributed by atoms with Gasteiger partial charge in [0, 0.05) is 37.5 Å². The highest BCUT2D eigenvalue weighted by molar-refractivity contribution is 5.96. The lowest BCUT2D eigenvalue weighted by Crippen LogP contribution is -2.43. The van der Waals surface area contributed by atoms with Gasteiger partial charge in [0.1, 0.15) is 5.75 Å². The largest absolute Gasteiger partial charge is 0.497 e. The highest BCUT2D eigenvalue weighted by Crippen LogP contribution is 2.19. The number of ether oxygens (including phenoxy) is 2. The number of carbonyl (C=O) groups excluding carboxylic acids is 3. The quantitative estimate of drug-likeness (QED) is 0.352. The van der Waals surface area contributed by atoms with E-state index in [4.69, 9.17) is 9.47 Å². The van der Waals surface area contributed by atoms with Gasteiger partial charge in [0.25, 0.3) is 0 Å². The zero-order chi connectivity index (χ0) is 22.6. The monoisotopic (exact) mass is 432 g/mol. The fourth-order valence-corrected chi connectivity index (χ4v) is 4.03. The molecule has 0 bridgehead atoms. The highest BCUT2D eigenvalue weighted by Gasteiger charge is 2.27. The fraction of sp³-hybridized carbons (Fsp3) is 0.625. The van der Waals surface area contributed by atoms with Crippen molar-refractivity contribution in [1.29, 1.82) is 0 Å². The Labute approximate surface area is 185 Å². The van der Waals surface area contributed by atoms with E-state index < -0.39 is 0 Å². The predicted molar refractivity (Wildman–Crippen MR) is 119 cm³/mol. The Hall–Kier alpha value is -2.41. The van der Waals surface area contributed by atoms with Crippen LogP contribution in [0.2, 0.25) is 0 Å². The summed E-state index contributed by atoms with van der Waals surface area (Å²) in [6.07, 6.45) is 3.49. The SMILES string of the molecule is CCOC(=O)CCN(CC1CCCN1CC)C(=O)CCCC(=O)c1ccc(OC)cc1. The molecule has 1 aliphatic rings. The van der Waals surface area contributed by atoms with Gasteiger partial charge in [0.15, 0.2) is 5.78 Å². The normalized spacial score (nSPS) is 16.2. The van der Waals surface area contributed by atoms with Gasteiger partial charge in [-0.05, 0) is 63.5 Å². The first-order valence-electron chi connectivity index (χ1n) is 11.3. The lowest BCUT2D eigenvalue weighted by Gasteiger charge is -2.30. The maximum Gasteiger partial charge on any atom is 0.307 e. The van der Waals surface area contributed by atoms with E-state index in [0.29, 0.717) is 56.3 Å². The van der Waals surface area contributed by atoms with Crippen molar-refractivity contribution in [2.24, 2.45) is 0 Å². The molecule has 1 atom stereocenters. The van der Waals surface area contributed by atoms with Crippen molar-refractivity contribution in [3.63, 3.8) is 0 Å². The molecule has 1 aromatic rings. The van der Waals surface area contributed by atoms with Gasteiger partial charge < -0.3 is 14.4 Å². The standard InChI is InChI=1S/C24H36N2O5/c1-4-25-16-7-8-20(25)18-26(17-15-24(29)31-5-2)23(28)10-6-9-22(27)19-11-13-21(30-3)14-12-19/h11-14,20H,4-10,15-18H2,1-3H3. The maximum absolute atomic E-state index is 12.9. The molecule has 1 fully saturated rings. The summed E-state index contributed by atoms with van der Waals surface area (Å²) < 4.78 is 10.1. The fourth-order valence-electron chi connectivity index (χ4n) is 4.03. The van der Waals surface area contributed by atoms with Crippen LogP contribution < -0.4 is 4.74 Å². The van der Waals surface area contributed by atoms with Gasteiger partial charge in [-0.2, -0.15) is 0 Å². The molecule has 1 amide bonds. The van der Waals surface area contributed by atoms with Crippen molar-refractivity contribution >= 4 is 17.7 Å². The first kappa shape index (κ1) is 24.9. The molecule has 0 aromatic heterocycles. The van der Waals surface area contributed by atoms with E-state index in [0.717, 1.165) is 25.9 Å². The molecule has 1 aromatic carbocycles. The topological polar surface area (TPSA) is 76.2 Å². The predicted octanol–water partition coefficient (Wildman–Crippen LogP) is 3.31. The van der Waals surface area contributed by atoms with E-state index in [9.17, 15) is 14.4 Å². The van der Waals surface area contributed by atoms with Crippen LogP contribution >= 0.6 is 0 Å². The Bertz CT molecular complexity index is 719. The summed E-state index contributed by atoms with van der Waals surface area (Å²) in [7, 11) is 1.58. The second-order valence-corrected chi connectivity index (χ2v) is 7.82. The van der Waals surface area contributed by atoms with Crippen LogP contribution in [0.4, 0.5) is 0 Å². The molecule has 1 saturated heterocycles. The number of nitrogens with zero attached hydrogens (tertiary/aromatic N) is 2. The zero-order valence-electron chi connectivity index (χ0n) is 19.1. The molecule has 0 N–H and O–H groups in total. The van der Waals surface area contributed by atoms with Crippen LogP contribution in [0.5, 0.6) is 5.75 Å². The van der Waals surface area contributed by atoms with Crippen molar-refractivity contribution in [3.05, 3.63) is 29.8 Å². The molecule has 2 rings (SSSR count). The summed E-state index contributed by atoms with van der Waals surface area (Å²) in [5.74, 6) is 0.432. The zero-order valence-corrected chi connectivity index (χ0v) is 19.1. The minimum atomic E-state index is -0.284. The van der Waals surface area contributed by atoms with Gasteiger partial charge in [-0.1, -0.05) is 6.92 Å². The highest BCUT2D eigenvalue weighted by atomic mass is 16.5. The van der Waals surface area contributed by atoms with Gasteiger partial charge in [-0.25, -0.2) is 0 Å². The van der Waals surface area contributed by atoms with E-state index in [1.807, 2.05) is 0 Å². The molecule has 1 heterocycles. The van der Waals surface area contributed by atoms with E-state index in [1.165, 1.54) is 0 Å². The summed E-state index contributed by atoms with van der Waals surface area (Å²) in [5, 5.41) is 0. The smallest absolute Gasteiger partial charge is 0.307 e. The van der Waals surface area contributed by atoms with Crippen molar-refractivity contribution < 1.29 is 23.9 Å². The summed E-state index contributed by atoms with van der Waals surface area (Å²) in [5.41, 5.74) is 0.622. The Kier molecular flexibility index (Phi) is 10.5. The summed E-state index contributed by atoms with van der Waals surface area (Å²) in [6, 6.07) is 7.34. The van der Waals surface area contributed by atoms with Crippen LogP contribution in [0.1, 0.15) is 62.7 Å². The van der Waals surface area contributed by atoms with Gasteiger partial charge in [-0.3, -0.25) is 19.3 Å². The second-order valence-electron chi connectivity index (χ2n) is 7.82. The van der Waals surface area contributed by atoms with Crippen LogP contribution in [0.25, 0.3) is 0 Å². The lowest BCUT2D eigenvalue weighted by atomic mass is 10.0. The number of hydrogen-bond acceptors (Lipinski definition) is 6. The molecule has 31 heavy (non-hydrogen) atoms. The number of benzene rings is 1.